The van der Waals surface area contributed by atoms with Crippen LogP contribution in [-0.2, 0) is 5.41 Å². The summed E-state index contributed by atoms with van der Waals surface area (Å²) in [5, 5.41) is 10.4. The molecule has 0 saturated carbocycles. The summed E-state index contributed by atoms with van der Waals surface area (Å²) in [6.45, 7) is 6.39. The normalized spacial score (nSPS) is 11.3. The summed E-state index contributed by atoms with van der Waals surface area (Å²) >= 11 is 0. The van der Waals surface area contributed by atoms with Gasteiger partial charge in [-0.3, -0.25) is 4.79 Å². The van der Waals surface area contributed by atoms with Crippen LogP contribution in [0.4, 0.5) is 0 Å². The molecule has 2 heteroatoms. The van der Waals surface area contributed by atoms with Crippen molar-refractivity contribution in [3.63, 3.8) is 0 Å². The van der Waals surface area contributed by atoms with Gasteiger partial charge in [-0.2, -0.15) is 0 Å². The molecule has 3 aromatic carbocycles. The van der Waals surface area contributed by atoms with Crippen LogP contribution in [0.15, 0.2) is 72.8 Å². The fraction of sp³-hybridized carbons (Fsp3) is 0.174. The summed E-state index contributed by atoms with van der Waals surface area (Å²) in [7, 11) is 0. The maximum absolute atomic E-state index is 13.0. The minimum absolute atomic E-state index is 0.0408. The maximum Gasteiger partial charge on any atom is 0.193 e. The first-order valence-electron chi connectivity index (χ1n) is 8.40. The zero-order valence-electron chi connectivity index (χ0n) is 14.8. The van der Waals surface area contributed by atoms with Gasteiger partial charge in [0.05, 0.1) is 0 Å². The molecule has 126 valence electrons. The molecule has 2 nitrogen and oxygen atoms in total. The second kappa shape index (κ2) is 6.56. The van der Waals surface area contributed by atoms with Gasteiger partial charge in [0.15, 0.2) is 5.78 Å². The van der Waals surface area contributed by atoms with Crippen molar-refractivity contribution in [1.82, 2.24) is 0 Å². The number of benzene rings is 3. The summed E-state index contributed by atoms with van der Waals surface area (Å²) < 4.78 is 0. The highest BCUT2D eigenvalue weighted by molar-refractivity contribution is 6.13. The van der Waals surface area contributed by atoms with Gasteiger partial charge in [0.2, 0.25) is 0 Å². The Labute approximate surface area is 148 Å². The summed E-state index contributed by atoms with van der Waals surface area (Å²) in [4.78, 5) is 13.0. The molecule has 0 unspecified atom stereocenters. The van der Waals surface area contributed by atoms with Crippen LogP contribution < -0.4 is 0 Å². The number of ketones is 1. The van der Waals surface area contributed by atoms with Crippen molar-refractivity contribution in [1.29, 1.82) is 0 Å². The average molecular weight is 330 g/mol. The van der Waals surface area contributed by atoms with E-state index in [9.17, 15) is 9.90 Å². The fourth-order valence-corrected chi connectivity index (χ4v) is 2.88. The zero-order valence-corrected chi connectivity index (χ0v) is 14.8. The molecule has 3 aromatic rings. The Morgan fingerprint density at radius 1 is 0.800 bits per heavy atom. The van der Waals surface area contributed by atoms with E-state index in [2.05, 4.69) is 20.8 Å². The fourth-order valence-electron chi connectivity index (χ4n) is 2.88. The van der Waals surface area contributed by atoms with Gasteiger partial charge in [-0.05, 0) is 28.7 Å². The molecule has 0 aromatic heterocycles. The monoisotopic (exact) mass is 330 g/mol. The van der Waals surface area contributed by atoms with E-state index < -0.39 is 0 Å². The molecule has 0 atom stereocenters. The second-order valence-corrected chi connectivity index (χ2v) is 7.22. The number of hydrogen-bond donors (Lipinski definition) is 1. The second-order valence-electron chi connectivity index (χ2n) is 7.22. The van der Waals surface area contributed by atoms with Crippen molar-refractivity contribution >= 4 is 5.78 Å². The van der Waals surface area contributed by atoms with E-state index in [1.807, 2.05) is 66.7 Å². The van der Waals surface area contributed by atoms with Crippen LogP contribution >= 0.6 is 0 Å². The molecule has 0 saturated heterocycles. The van der Waals surface area contributed by atoms with Gasteiger partial charge < -0.3 is 5.11 Å². The molecular formula is C23H22O2. The number of hydrogen-bond acceptors (Lipinski definition) is 2. The minimum atomic E-state index is -0.0447. The lowest BCUT2D eigenvalue weighted by Crippen LogP contribution is -2.11. The highest BCUT2D eigenvalue weighted by Crippen LogP contribution is 2.36. The van der Waals surface area contributed by atoms with Crippen molar-refractivity contribution in [2.24, 2.45) is 0 Å². The summed E-state index contributed by atoms with van der Waals surface area (Å²) in [6.07, 6.45) is 0. The Kier molecular flexibility index (Phi) is 4.45. The van der Waals surface area contributed by atoms with Gasteiger partial charge in [0, 0.05) is 16.7 Å². The van der Waals surface area contributed by atoms with Crippen LogP contribution in [0, 0.1) is 0 Å². The lowest BCUT2D eigenvalue weighted by atomic mass is 9.84. The van der Waals surface area contributed by atoms with Crippen molar-refractivity contribution in [3.8, 4) is 16.9 Å². The molecule has 0 aliphatic carbocycles. The Morgan fingerprint density at radius 3 is 2.12 bits per heavy atom. The molecule has 0 heterocycles. The van der Waals surface area contributed by atoms with Crippen LogP contribution in [0.1, 0.15) is 42.3 Å². The highest BCUT2D eigenvalue weighted by Gasteiger charge is 2.19. The van der Waals surface area contributed by atoms with E-state index in [1.54, 1.807) is 6.07 Å². The first-order chi connectivity index (χ1) is 11.9. The summed E-state index contributed by atoms with van der Waals surface area (Å²) in [5.41, 5.74) is 3.74. The Balaban J connectivity index is 2.16. The van der Waals surface area contributed by atoms with E-state index in [1.165, 1.54) is 0 Å². The maximum atomic E-state index is 13.0. The van der Waals surface area contributed by atoms with Crippen LogP contribution in [-0.4, -0.2) is 10.9 Å². The van der Waals surface area contributed by atoms with Crippen LogP contribution in [0.25, 0.3) is 11.1 Å². The minimum Gasteiger partial charge on any atom is -0.507 e. The van der Waals surface area contributed by atoms with Gasteiger partial charge in [0.1, 0.15) is 5.75 Å². The molecular weight excluding hydrogens is 308 g/mol. The van der Waals surface area contributed by atoms with Gasteiger partial charge in [-0.1, -0.05) is 81.4 Å². The van der Waals surface area contributed by atoms with E-state index in [-0.39, 0.29) is 16.9 Å². The summed E-state index contributed by atoms with van der Waals surface area (Å²) in [6, 6.07) is 22.3. The van der Waals surface area contributed by atoms with E-state index in [4.69, 9.17) is 0 Å². The van der Waals surface area contributed by atoms with Crippen molar-refractivity contribution in [2.45, 2.75) is 26.2 Å². The molecule has 0 fully saturated rings. The molecule has 25 heavy (non-hydrogen) atoms. The molecule has 0 aliphatic heterocycles. The van der Waals surface area contributed by atoms with Gasteiger partial charge in [-0.15, -0.1) is 0 Å². The van der Waals surface area contributed by atoms with E-state index >= 15 is 0 Å². The van der Waals surface area contributed by atoms with Crippen molar-refractivity contribution in [3.05, 3.63) is 89.5 Å². The van der Waals surface area contributed by atoms with Gasteiger partial charge in [0.25, 0.3) is 0 Å². The first-order valence-corrected chi connectivity index (χ1v) is 8.40. The predicted octanol–water partition coefficient (Wildman–Crippen LogP) is 5.59. The highest BCUT2D eigenvalue weighted by atomic mass is 16.3. The average Bonchev–Trinajstić information content (AvgIpc) is 2.61. The van der Waals surface area contributed by atoms with Crippen LogP contribution in [0.5, 0.6) is 5.75 Å². The third-order valence-electron chi connectivity index (χ3n) is 4.36. The number of phenolic OH excluding ortho intramolecular Hbond substituents is 1. The van der Waals surface area contributed by atoms with Gasteiger partial charge in [-0.25, -0.2) is 0 Å². The molecule has 0 amide bonds. The number of carbonyl (C=O) groups is 1. The SMILES string of the molecule is CC(C)(C)c1ccc(O)c(-c2ccccc2C(=O)c2ccccc2)c1. The molecule has 0 aliphatic rings. The molecule has 0 bridgehead atoms. The number of carbonyl (C=O) groups excluding carboxylic acids is 1. The van der Waals surface area contributed by atoms with Crippen molar-refractivity contribution in [2.75, 3.05) is 0 Å². The lowest BCUT2D eigenvalue weighted by Gasteiger charge is -2.21. The first kappa shape index (κ1) is 17.0. The largest absolute Gasteiger partial charge is 0.507 e. The number of rotatable bonds is 3. The van der Waals surface area contributed by atoms with Gasteiger partial charge >= 0.3 is 0 Å². The number of phenols is 1. The third-order valence-corrected chi connectivity index (χ3v) is 4.36. The van der Waals surface area contributed by atoms with E-state index in [0.29, 0.717) is 16.7 Å². The summed E-state index contributed by atoms with van der Waals surface area (Å²) in [5.74, 6) is 0.137. The third kappa shape index (κ3) is 3.48. The topological polar surface area (TPSA) is 37.3 Å². The predicted molar refractivity (Wildman–Crippen MR) is 102 cm³/mol. The van der Waals surface area contributed by atoms with Crippen molar-refractivity contribution < 1.29 is 9.90 Å². The Bertz CT molecular complexity index is 903. The smallest absolute Gasteiger partial charge is 0.193 e. The Hall–Kier alpha value is -2.87. The zero-order chi connectivity index (χ0) is 18.0. The quantitative estimate of drug-likeness (QED) is 0.636. The van der Waals surface area contributed by atoms with Crippen LogP contribution in [0.2, 0.25) is 0 Å². The lowest BCUT2D eigenvalue weighted by molar-refractivity contribution is 0.103. The molecule has 0 radical (unpaired) electrons. The Morgan fingerprint density at radius 2 is 1.44 bits per heavy atom. The molecule has 0 spiro atoms. The molecule has 1 N–H and O–H groups in total. The standard InChI is InChI=1S/C23H22O2/c1-23(2,3)17-13-14-21(24)20(15-17)18-11-7-8-12-19(18)22(25)16-9-5-4-6-10-16/h4-15,24H,1-3H3. The number of aromatic hydroxyl groups is 1. The van der Waals surface area contributed by atoms with Crippen LogP contribution in [0.3, 0.4) is 0 Å². The van der Waals surface area contributed by atoms with E-state index in [0.717, 1.165) is 11.1 Å². The molecule has 3 rings (SSSR count).